The minimum absolute atomic E-state index is 0. The standard InChI is InChI=1S/C16H27N5.ClH/c1-20(13-14-3-2-6-17-11-14)15-4-9-21(10-5-15)16-12-18-7-8-19-16;/h7-8,12,14-15,17H,2-6,9-11,13H2,1H3;1H. The van der Waals surface area contributed by atoms with E-state index in [9.17, 15) is 0 Å². The maximum atomic E-state index is 4.41. The minimum Gasteiger partial charge on any atom is -0.355 e. The third-order valence-electron chi connectivity index (χ3n) is 4.91. The maximum Gasteiger partial charge on any atom is 0.147 e. The molecule has 3 rings (SSSR count). The Bertz CT molecular complexity index is 416. The van der Waals surface area contributed by atoms with Crippen molar-refractivity contribution in [2.24, 2.45) is 5.92 Å². The second kappa shape index (κ2) is 8.65. The Kier molecular flexibility index (Phi) is 6.86. The van der Waals surface area contributed by atoms with E-state index in [1.807, 2.05) is 6.20 Å². The summed E-state index contributed by atoms with van der Waals surface area (Å²) in [6, 6.07) is 0.722. The molecular weight excluding hydrogens is 298 g/mol. The molecule has 0 spiro atoms. The predicted molar refractivity (Wildman–Crippen MR) is 92.7 cm³/mol. The van der Waals surface area contributed by atoms with Gasteiger partial charge in [0.25, 0.3) is 0 Å². The molecule has 2 saturated heterocycles. The smallest absolute Gasteiger partial charge is 0.147 e. The van der Waals surface area contributed by atoms with Gasteiger partial charge in [-0.1, -0.05) is 0 Å². The van der Waals surface area contributed by atoms with E-state index in [0.717, 1.165) is 30.9 Å². The molecule has 0 radical (unpaired) electrons. The second-order valence-electron chi connectivity index (χ2n) is 6.43. The van der Waals surface area contributed by atoms with E-state index < -0.39 is 0 Å². The fourth-order valence-electron chi connectivity index (χ4n) is 3.63. The molecule has 5 nitrogen and oxygen atoms in total. The first-order chi connectivity index (χ1) is 10.3. The highest BCUT2D eigenvalue weighted by Gasteiger charge is 2.25. The molecule has 3 heterocycles. The lowest BCUT2D eigenvalue weighted by atomic mass is 9.97. The van der Waals surface area contributed by atoms with Gasteiger partial charge < -0.3 is 15.1 Å². The largest absolute Gasteiger partial charge is 0.355 e. The molecule has 1 atom stereocenters. The van der Waals surface area contributed by atoms with Gasteiger partial charge in [-0.15, -0.1) is 12.4 Å². The topological polar surface area (TPSA) is 44.3 Å². The molecule has 22 heavy (non-hydrogen) atoms. The highest BCUT2D eigenvalue weighted by atomic mass is 35.5. The number of nitrogens with zero attached hydrogens (tertiary/aromatic N) is 4. The van der Waals surface area contributed by atoms with Gasteiger partial charge in [0.15, 0.2) is 0 Å². The summed E-state index contributed by atoms with van der Waals surface area (Å²) in [5.74, 6) is 1.86. The van der Waals surface area contributed by atoms with Gasteiger partial charge in [-0.05, 0) is 51.7 Å². The number of aromatic nitrogens is 2. The summed E-state index contributed by atoms with van der Waals surface area (Å²) in [5, 5.41) is 3.52. The van der Waals surface area contributed by atoms with Crippen LogP contribution in [0.2, 0.25) is 0 Å². The van der Waals surface area contributed by atoms with E-state index in [0.29, 0.717) is 0 Å². The fraction of sp³-hybridized carbons (Fsp3) is 0.750. The average molecular weight is 326 g/mol. The Hall–Kier alpha value is -0.910. The molecule has 0 bridgehead atoms. The molecule has 1 aromatic heterocycles. The summed E-state index contributed by atoms with van der Waals surface area (Å²) in [6.07, 6.45) is 10.6. The van der Waals surface area contributed by atoms with Gasteiger partial charge in [-0.25, -0.2) is 4.98 Å². The third kappa shape index (κ3) is 4.54. The lowest BCUT2D eigenvalue weighted by Gasteiger charge is -2.39. The van der Waals surface area contributed by atoms with Crippen molar-refractivity contribution >= 4 is 18.2 Å². The highest BCUT2D eigenvalue weighted by molar-refractivity contribution is 5.85. The number of anilines is 1. The van der Waals surface area contributed by atoms with Gasteiger partial charge in [0, 0.05) is 38.1 Å². The number of rotatable bonds is 4. The molecule has 124 valence electrons. The van der Waals surface area contributed by atoms with E-state index in [2.05, 4.69) is 32.1 Å². The SMILES string of the molecule is CN(CC1CCCNC1)C1CCN(c2cnccn2)CC1.Cl. The van der Waals surface area contributed by atoms with E-state index in [-0.39, 0.29) is 12.4 Å². The van der Waals surface area contributed by atoms with Gasteiger partial charge >= 0.3 is 0 Å². The zero-order chi connectivity index (χ0) is 14.5. The molecule has 6 heteroatoms. The zero-order valence-electron chi connectivity index (χ0n) is 13.4. The van der Waals surface area contributed by atoms with Crippen molar-refractivity contribution < 1.29 is 0 Å². The molecule has 1 N–H and O–H groups in total. The first-order valence-electron chi connectivity index (χ1n) is 8.25. The van der Waals surface area contributed by atoms with Crippen molar-refractivity contribution in [2.45, 2.75) is 31.7 Å². The third-order valence-corrected chi connectivity index (χ3v) is 4.91. The van der Waals surface area contributed by atoms with Crippen LogP contribution >= 0.6 is 12.4 Å². The first-order valence-corrected chi connectivity index (χ1v) is 8.25. The van der Waals surface area contributed by atoms with Gasteiger partial charge in [-0.2, -0.15) is 0 Å². The summed E-state index contributed by atoms with van der Waals surface area (Å²) >= 11 is 0. The summed E-state index contributed by atoms with van der Waals surface area (Å²) in [4.78, 5) is 13.5. The molecule has 0 aliphatic carbocycles. The average Bonchev–Trinajstić information content (AvgIpc) is 2.57. The summed E-state index contributed by atoms with van der Waals surface area (Å²) < 4.78 is 0. The normalized spacial score (nSPS) is 23.4. The Morgan fingerprint density at radius 2 is 2.09 bits per heavy atom. The van der Waals surface area contributed by atoms with E-state index in [1.165, 1.54) is 45.3 Å². The molecule has 2 fully saturated rings. The maximum absolute atomic E-state index is 4.41. The molecule has 0 saturated carbocycles. The number of halogens is 1. The van der Waals surface area contributed by atoms with Crippen LogP contribution in [-0.4, -0.2) is 60.7 Å². The van der Waals surface area contributed by atoms with Crippen LogP contribution in [0.25, 0.3) is 0 Å². The molecular formula is C16H28ClN5. The van der Waals surface area contributed by atoms with Crippen molar-refractivity contribution in [3.63, 3.8) is 0 Å². The number of hydrogen-bond acceptors (Lipinski definition) is 5. The Morgan fingerprint density at radius 3 is 2.73 bits per heavy atom. The van der Waals surface area contributed by atoms with Crippen molar-refractivity contribution in [3.8, 4) is 0 Å². The Labute approximate surface area is 139 Å². The van der Waals surface area contributed by atoms with Crippen LogP contribution < -0.4 is 10.2 Å². The summed E-state index contributed by atoms with van der Waals surface area (Å²) in [6.45, 7) is 5.83. The monoisotopic (exact) mass is 325 g/mol. The number of hydrogen-bond donors (Lipinski definition) is 1. The fourth-order valence-corrected chi connectivity index (χ4v) is 3.63. The summed E-state index contributed by atoms with van der Waals surface area (Å²) in [7, 11) is 2.30. The van der Waals surface area contributed by atoms with Crippen LogP contribution in [0.4, 0.5) is 5.82 Å². The van der Waals surface area contributed by atoms with Crippen LogP contribution in [-0.2, 0) is 0 Å². The molecule has 0 amide bonds. The first kappa shape index (κ1) is 17.4. The van der Waals surface area contributed by atoms with E-state index in [1.54, 1.807) is 12.4 Å². The Morgan fingerprint density at radius 1 is 1.27 bits per heavy atom. The Balaban J connectivity index is 0.00000176. The van der Waals surface area contributed by atoms with Crippen LogP contribution in [0.5, 0.6) is 0 Å². The number of nitrogens with one attached hydrogen (secondary N) is 1. The van der Waals surface area contributed by atoms with Crippen LogP contribution in [0.3, 0.4) is 0 Å². The van der Waals surface area contributed by atoms with Crippen LogP contribution in [0, 0.1) is 5.92 Å². The number of piperidine rings is 2. The molecule has 0 aromatic carbocycles. The van der Waals surface area contributed by atoms with Crippen molar-refractivity contribution in [2.75, 3.05) is 44.7 Å². The van der Waals surface area contributed by atoms with Crippen molar-refractivity contribution in [1.82, 2.24) is 20.2 Å². The minimum atomic E-state index is 0. The predicted octanol–water partition coefficient (Wildman–Crippen LogP) is 1.80. The molecule has 2 aliphatic rings. The quantitative estimate of drug-likeness (QED) is 0.914. The molecule has 2 aliphatic heterocycles. The van der Waals surface area contributed by atoms with E-state index >= 15 is 0 Å². The lowest BCUT2D eigenvalue weighted by molar-refractivity contribution is 0.166. The van der Waals surface area contributed by atoms with E-state index in [4.69, 9.17) is 0 Å². The molecule has 1 aromatic rings. The lowest BCUT2D eigenvalue weighted by Crippen LogP contribution is -2.46. The molecule has 1 unspecified atom stereocenters. The second-order valence-corrected chi connectivity index (χ2v) is 6.43. The van der Waals surface area contributed by atoms with Crippen molar-refractivity contribution in [3.05, 3.63) is 18.6 Å². The summed E-state index contributed by atoms with van der Waals surface area (Å²) in [5.41, 5.74) is 0. The van der Waals surface area contributed by atoms with Crippen molar-refractivity contribution in [1.29, 1.82) is 0 Å². The van der Waals surface area contributed by atoms with Gasteiger partial charge in [0.1, 0.15) is 5.82 Å². The zero-order valence-corrected chi connectivity index (χ0v) is 14.3. The highest BCUT2D eigenvalue weighted by Crippen LogP contribution is 2.21. The van der Waals surface area contributed by atoms with Crippen LogP contribution in [0.15, 0.2) is 18.6 Å². The van der Waals surface area contributed by atoms with Gasteiger partial charge in [0.05, 0.1) is 6.20 Å². The van der Waals surface area contributed by atoms with Gasteiger partial charge in [0.2, 0.25) is 0 Å². The van der Waals surface area contributed by atoms with Crippen LogP contribution in [0.1, 0.15) is 25.7 Å². The van der Waals surface area contributed by atoms with Gasteiger partial charge in [-0.3, -0.25) is 4.98 Å².